The fourth-order valence-electron chi connectivity index (χ4n) is 2.52. The number of nitrogens with zero attached hydrogens (tertiary/aromatic N) is 1. The average Bonchev–Trinajstić information content (AvgIpc) is 2.90. The Hall–Kier alpha value is -1.13. The van der Waals surface area contributed by atoms with Gasteiger partial charge in [0, 0.05) is 19.1 Å². The van der Waals surface area contributed by atoms with Crippen LogP contribution in [0.4, 0.5) is 4.39 Å². The van der Waals surface area contributed by atoms with Gasteiger partial charge >= 0.3 is 0 Å². The fraction of sp³-hybridized carbons (Fsp3) is 0.600. The van der Waals surface area contributed by atoms with E-state index in [0.29, 0.717) is 11.8 Å². The molecule has 4 heteroatoms. The number of hydrogen-bond donors (Lipinski definition) is 1. The summed E-state index contributed by atoms with van der Waals surface area (Å²) in [6.07, 6.45) is 2.64. The largest absolute Gasteiger partial charge is 0.494 e. The summed E-state index contributed by atoms with van der Waals surface area (Å²) >= 11 is 0. The van der Waals surface area contributed by atoms with E-state index in [2.05, 4.69) is 17.1 Å². The Morgan fingerprint density at radius 1 is 1.37 bits per heavy atom. The molecule has 3 nitrogen and oxygen atoms in total. The zero-order chi connectivity index (χ0) is 13.7. The molecule has 0 amide bonds. The van der Waals surface area contributed by atoms with Crippen LogP contribution in [-0.4, -0.2) is 37.7 Å². The number of benzene rings is 1. The van der Waals surface area contributed by atoms with Crippen molar-refractivity contribution in [3.8, 4) is 5.75 Å². The van der Waals surface area contributed by atoms with Crippen LogP contribution in [0, 0.1) is 5.82 Å². The second-order valence-electron chi connectivity index (χ2n) is 5.26. The third-order valence-electron chi connectivity index (χ3n) is 3.60. The molecule has 0 aromatic heterocycles. The molecule has 1 aromatic rings. The van der Waals surface area contributed by atoms with Crippen molar-refractivity contribution in [3.63, 3.8) is 0 Å². The van der Waals surface area contributed by atoms with Crippen LogP contribution < -0.4 is 10.1 Å². The molecule has 0 spiro atoms. The average molecular weight is 266 g/mol. The van der Waals surface area contributed by atoms with E-state index in [1.54, 1.807) is 12.1 Å². The minimum absolute atomic E-state index is 0.309. The van der Waals surface area contributed by atoms with Gasteiger partial charge in [-0.15, -0.1) is 0 Å². The molecule has 1 heterocycles. The first-order valence-corrected chi connectivity index (χ1v) is 6.97. The second kappa shape index (κ2) is 6.87. The van der Waals surface area contributed by atoms with Gasteiger partial charge in [-0.3, -0.25) is 0 Å². The molecule has 19 heavy (non-hydrogen) atoms. The number of halogens is 1. The predicted molar refractivity (Wildman–Crippen MR) is 74.9 cm³/mol. The maximum absolute atomic E-state index is 13.3. The number of likely N-dealkylation sites (tertiary alicyclic amines) is 1. The fourth-order valence-corrected chi connectivity index (χ4v) is 2.52. The molecule has 1 unspecified atom stereocenters. The van der Waals surface area contributed by atoms with Gasteiger partial charge < -0.3 is 15.0 Å². The minimum Gasteiger partial charge on any atom is -0.494 e. The normalized spacial score (nSPS) is 17.6. The highest BCUT2D eigenvalue weighted by atomic mass is 19.1. The van der Waals surface area contributed by atoms with Crippen LogP contribution in [0.25, 0.3) is 0 Å². The third kappa shape index (κ3) is 4.18. The van der Waals surface area contributed by atoms with Gasteiger partial charge in [-0.25, -0.2) is 4.39 Å². The van der Waals surface area contributed by atoms with Gasteiger partial charge in [-0.05, 0) is 50.6 Å². The molecule has 1 aromatic carbocycles. The van der Waals surface area contributed by atoms with Crippen molar-refractivity contribution >= 4 is 0 Å². The number of rotatable bonds is 6. The quantitative estimate of drug-likeness (QED) is 0.855. The molecule has 0 radical (unpaired) electrons. The summed E-state index contributed by atoms with van der Waals surface area (Å²) in [7, 11) is 1.49. The molecule has 1 aliphatic heterocycles. The Kier molecular flexibility index (Phi) is 5.16. The van der Waals surface area contributed by atoms with E-state index in [-0.39, 0.29) is 5.82 Å². The van der Waals surface area contributed by atoms with E-state index in [9.17, 15) is 4.39 Å². The zero-order valence-electron chi connectivity index (χ0n) is 11.8. The Morgan fingerprint density at radius 3 is 2.79 bits per heavy atom. The third-order valence-corrected chi connectivity index (χ3v) is 3.60. The Bertz CT molecular complexity index is 405. The first-order chi connectivity index (χ1) is 9.19. The van der Waals surface area contributed by atoms with Crippen LogP contribution in [0.15, 0.2) is 18.2 Å². The molecule has 1 fully saturated rings. The van der Waals surface area contributed by atoms with E-state index >= 15 is 0 Å². The van der Waals surface area contributed by atoms with E-state index in [4.69, 9.17) is 4.74 Å². The van der Waals surface area contributed by atoms with E-state index < -0.39 is 0 Å². The van der Waals surface area contributed by atoms with Crippen molar-refractivity contribution in [2.75, 3.05) is 26.7 Å². The van der Waals surface area contributed by atoms with Gasteiger partial charge in [0.2, 0.25) is 0 Å². The highest BCUT2D eigenvalue weighted by Crippen LogP contribution is 2.18. The summed E-state index contributed by atoms with van der Waals surface area (Å²) in [5.41, 5.74) is 1.05. The van der Waals surface area contributed by atoms with Gasteiger partial charge in [-0.2, -0.15) is 0 Å². The highest BCUT2D eigenvalue weighted by molar-refractivity contribution is 5.30. The topological polar surface area (TPSA) is 24.5 Å². The van der Waals surface area contributed by atoms with Gasteiger partial charge in [0.05, 0.1) is 7.11 Å². The maximum atomic E-state index is 13.3. The second-order valence-corrected chi connectivity index (χ2v) is 5.26. The van der Waals surface area contributed by atoms with E-state index in [1.165, 1.54) is 39.1 Å². The molecule has 0 bridgehead atoms. The van der Waals surface area contributed by atoms with Crippen LogP contribution in [0.3, 0.4) is 0 Å². The van der Waals surface area contributed by atoms with Crippen molar-refractivity contribution in [1.29, 1.82) is 0 Å². The number of ether oxygens (including phenoxy) is 1. The van der Waals surface area contributed by atoms with E-state index in [0.717, 1.165) is 18.7 Å². The Balaban J connectivity index is 1.80. The van der Waals surface area contributed by atoms with Crippen molar-refractivity contribution < 1.29 is 9.13 Å². The van der Waals surface area contributed by atoms with E-state index in [1.807, 2.05) is 0 Å². The molecule has 1 atom stereocenters. The summed E-state index contributed by atoms with van der Waals surface area (Å²) in [4.78, 5) is 2.49. The summed E-state index contributed by atoms with van der Waals surface area (Å²) < 4.78 is 18.3. The number of nitrogens with one attached hydrogen (secondary N) is 1. The van der Waals surface area contributed by atoms with Crippen molar-refractivity contribution in [1.82, 2.24) is 10.2 Å². The standard InChI is InChI=1S/C15H23FN2O/c1-12(11-18-7-3-4-8-18)17-10-13-5-6-14(16)15(9-13)19-2/h5-6,9,12,17H,3-4,7-8,10-11H2,1-2H3. The minimum atomic E-state index is -0.309. The van der Waals surface area contributed by atoms with Crippen molar-refractivity contribution in [2.24, 2.45) is 0 Å². The van der Waals surface area contributed by atoms with Gasteiger partial charge in [0.15, 0.2) is 11.6 Å². The van der Waals surface area contributed by atoms with Crippen molar-refractivity contribution in [2.45, 2.75) is 32.4 Å². The highest BCUT2D eigenvalue weighted by Gasteiger charge is 2.14. The molecule has 0 aliphatic carbocycles. The first-order valence-electron chi connectivity index (χ1n) is 6.97. The molecular weight excluding hydrogens is 243 g/mol. The van der Waals surface area contributed by atoms with Gasteiger partial charge in [0.1, 0.15) is 0 Å². The summed E-state index contributed by atoms with van der Waals surface area (Å²) in [6.45, 7) is 6.45. The molecule has 2 rings (SSSR count). The van der Waals surface area contributed by atoms with Crippen LogP contribution in [0.1, 0.15) is 25.3 Å². The van der Waals surface area contributed by atoms with Crippen molar-refractivity contribution in [3.05, 3.63) is 29.6 Å². The van der Waals surface area contributed by atoms with Gasteiger partial charge in [0.25, 0.3) is 0 Å². The lowest BCUT2D eigenvalue weighted by Gasteiger charge is -2.21. The molecule has 106 valence electrons. The number of hydrogen-bond acceptors (Lipinski definition) is 3. The summed E-state index contributed by atoms with van der Waals surface area (Å²) in [5.74, 6) is 0.00265. The van der Waals surface area contributed by atoms with Crippen LogP contribution in [0.2, 0.25) is 0 Å². The van der Waals surface area contributed by atoms with Crippen LogP contribution in [-0.2, 0) is 6.54 Å². The molecule has 1 saturated heterocycles. The lowest BCUT2D eigenvalue weighted by molar-refractivity contribution is 0.298. The monoisotopic (exact) mass is 266 g/mol. The van der Waals surface area contributed by atoms with Gasteiger partial charge in [-0.1, -0.05) is 6.07 Å². The first kappa shape index (κ1) is 14.3. The Morgan fingerprint density at radius 2 is 2.11 bits per heavy atom. The van der Waals surface area contributed by atoms with Crippen LogP contribution in [0.5, 0.6) is 5.75 Å². The number of methoxy groups -OCH3 is 1. The maximum Gasteiger partial charge on any atom is 0.165 e. The predicted octanol–water partition coefficient (Wildman–Crippen LogP) is 2.41. The lowest BCUT2D eigenvalue weighted by atomic mass is 10.2. The Labute approximate surface area is 114 Å². The molecular formula is C15H23FN2O. The zero-order valence-corrected chi connectivity index (χ0v) is 11.8. The SMILES string of the molecule is COc1cc(CNC(C)CN2CCCC2)ccc1F. The lowest BCUT2D eigenvalue weighted by Crippen LogP contribution is -2.37. The molecule has 1 aliphatic rings. The summed E-state index contributed by atoms with van der Waals surface area (Å²) in [6, 6.07) is 5.45. The van der Waals surface area contributed by atoms with Crippen LogP contribution >= 0.6 is 0 Å². The smallest absolute Gasteiger partial charge is 0.165 e. The molecule has 0 saturated carbocycles. The molecule has 1 N–H and O–H groups in total. The summed E-state index contributed by atoms with van der Waals surface area (Å²) in [5, 5.41) is 3.48.